The molecule has 0 aliphatic heterocycles. The highest BCUT2D eigenvalue weighted by molar-refractivity contribution is 6.31. The minimum atomic E-state index is 0.719. The van der Waals surface area contributed by atoms with Gasteiger partial charge in [0.2, 0.25) is 0 Å². The maximum Gasteiger partial charge on any atom is 0.141 e. The van der Waals surface area contributed by atoms with Crippen LogP contribution < -0.4 is 5.73 Å². The molecular formula is C15H14ClN3. The van der Waals surface area contributed by atoms with Gasteiger partial charge in [-0.1, -0.05) is 11.6 Å². The number of aryl methyl sites for hydroxylation is 2. The van der Waals surface area contributed by atoms with Crippen molar-refractivity contribution in [2.24, 2.45) is 7.05 Å². The molecule has 96 valence electrons. The van der Waals surface area contributed by atoms with Crippen molar-refractivity contribution < 1.29 is 0 Å². The summed E-state index contributed by atoms with van der Waals surface area (Å²) in [6.07, 6.45) is 0. The first-order valence-corrected chi connectivity index (χ1v) is 6.42. The number of nitrogens with two attached hydrogens (primary N) is 1. The second-order valence-corrected chi connectivity index (χ2v) is 5.14. The molecule has 4 heteroatoms. The quantitative estimate of drug-likeness (QED) is 0.685. The molecule has 3 rings (SSSR count). The summed E-state index contributed by atoms with van der Waals surface area (Å²) in [6, 6.07) is 11.6. The normalized spacial score (nSPS) is 11.1. The topological polar surface area (TPSA) is 43.8 Å². The summed E-state index contributed by atoms with van der Waals surface area (Å²) in [5.41, 5.74) is 10.7. The first kappa shape index (κ1) is 12.1. The Morgan fingerprint density at radius 1 is 1.16 bits per heavy atom. The molecule has 0 bridgehead atoms. The molecule has 3 nitrogen and oxygen atoms in total. The van der Waals surface area contributed by atoms with Crippen LogP contribution in [0.15, 0.2) is 36.4 Å². The molecule has 0 aliphatic carbocycles. The molecule has 0 spiro atoms. The fraction of sp³-hybridized carbons (Fsp3) is 0.133. The number of anilines is 1. The number of imidazole rings is 1. The van der Waals surface area contributed by atoms with Crippen molar-refractivity contribution in [1.29, 1.82) is 0 Å². The lowest BCUT2D eigenvalue weighted by Crippen LogP contribution is -1.95. The van der Waals surface area contributed by atoms with Crippen molar-refractivity contribution >= 4 is 28.3 Å². The molecule has 0 fully saturated rings. The van der Waals surface area contributed by atoms with Crippen LogP contribution in [0.1, 0.15) is 5.56 Å². The van der Waals surface area contributed by atoms with Gasteiger partial charge in [-0.25, -0.2) is 4.98 Å². The average Bonchev–Trinajstić information content (AvgIpc) is 2.67. The minimum Gasteiger partial charge on any atom is -0.399 e. The number of nitrogen functional groups attached to an aromatic ring is 1. The Kier molecular flexibility index (Phi) is 2.72. The smallest absolute Gasteiger partial charge is 0.141 e. The summed E-state index contributed by atoms with van der Waals surface area (Å²) in [5, 5.41) is 0.719. The Bertz CT molecular complexity index is 774. The van der Waals surface area contributed by atoms with Gasteiger partial charge in [0, 0.05) is 23.3 Å². The number of hydrogen-bond donors (Lipinski definition) is 1. The third-order valence-corrected chi connectivity index (χ3v) is 3.57. The van der Waals surface area contributed by atoms with E-state index < -0.39 is 0 Å². The van der Waals surface area contributed by atoms with Crippen LogP contribution in [0, 0.1) is 6.92 Å². The van der Waals surface area contributed by atoms with Crippen LogP contribution >= 0.6 is 11.6 Å². The summed E-state index contributed by atoms with van der Waals surface area (Å²) in [5.74, 6) is 0.926. The van der Waals surface area contributed by atoms with E-state index in [1.165, 1.54) is 0 Å². The summed E-state index contributed by atoms with van der Waals surface area (Å²) in [6.45, 7) is 2.04. The number of benzene rings is 2. The van der Waals surface area contributed by atoms with E-state index >= 15 is 0 Å². The number of halogens is 1. The predicted molar refractivity (Wildman–Crippen MR) is 80.3 cm³/mol. The number of fused-ring (bicyclic) bond motifs is 1. The first-order valence-electron chi connectivity index (χ1n) is 6.05. The van der Waals surface area contributed by atoms with E-state index in [0.717, 1.165) is 38.7 Å². The molecule has 2 aromatic carbocycles. The highest BCUT2D eigenvalue weighted by atomic mass is 35.5. The molecular weight excluding hydrogens is 258 g/mol. The molecule has 0 aliphatic rings. The maximum atomic E-state index is 6.04. The van der Waals surface area contributed by atoms with E-state index in [4.69, 9.17) is 17.3 Å². The molecule has 0 saturated carbocycles. The fourth-order valence-corrected chi connectivity index (χ4v) is 2.51. The SMILES string of the molecule is Cc1cc(N)ccc1-c1nc2ccc(Cl)cc2n1C. The largest absolute Gasteiger partial charge is 0.399 e. The van der Waals surface area contributed by atoms with Crippen molar-refractivity contribution in [1.82, 2.24) is 9.55 Å². The lowest BCUT2D eigenvalue weighted by molar-refractivity contribution is 0.957. The Balaban J connectivity index is 2.28. The number of hydrogen-bond acceptors (Lipinski definition) is 2. The molecule has 0 saturated heterocycles. The lowest BCUT2D eigenvalue weighted by atomic mass is 10.1. The van der Waals surface area contributed by atoms with Crippen molar-refractivity contribution in [2.75, 3.05) is 5.73 Å². The summed E-state index contributed by atoms with van der Waals surface area (Å²) in [7, 11) is 2.00. The van der Waals surface area contributed by atoms with Gasteiger partial charge in [0.15, 0.2) is 0 Å². The lowest BCUT2D eigenvalue weighted by Gasteiger charge is -2.07. The van der Waals surface area contributed by atoms with Crippen molar-refractivity contribution in [3.05, 3.63) is 47.0 Å². The molecule has 3 aromatic rings. The minimum absolute atomic E-state index is 0.719. The zero-order valence-electron chi connectivity index (χ0n) is 10.8. The highest BCUT2D eigenvalue weighted by Crippen LogP contribution is 2.28. The maximum absolute atomic E-state index is 6.04. The third-order valence-electron chi connectivity index (χ3n) is 3.33. The molecule has 0 radical (unpaired) electrons. The van der Waals surface area contributed by atoms with Gasteiger partial charge in [0.25, 0.3) is 0 Å². The second-order valence-electron chi connectivity index (χ2n) is 4.70. The highest BCUT2D eigenvalue weighted by Gasteiger charge is 2.12. The molecule has 0 atom stereocenters. The average molecular weight is 272 g/mol. The van der Waals surface area contributed by atoms with Crippen LogP contribution in [0.5, 0.6) is 0 Å². The fourth-order valence-electron chi connectivity index (χ4n) is 2.34. The van der Waals surface area contributed by atoms with Gasteiger partial charge >= 0.3 is 0 Å². The Hall–Kier alpha value is -2.00. The predicted octanol–water partition coefficient (Wildman–Crippen LogP) is 3.78. The van der Waals surface area contributed by atoms with Gasteiger partial charge in [-0.05, 0) is 48.9 Å². The van der Waals surface area contributed by atoms with Crippen LogP contribution in [0.4, 0.5) is 5.69 Å². The van der Waals surface area contributed by atoms with Crippen LogP contribution in [0.25, 0.3) is 22.4 Å². The molecule has 0 unspecified atom stereocenters. The zero-order valence-corrected chi connectivity index (χ0v) is 11.6. The Morgan fingerprint density at radius 3 is 2.68 bits per heavy atom. The molecule has 0 amide bonds. The third kappa shape index (κ3) is 1.96. The van der Waals surface area contributed by atoms with Crippen LogP contribution in [-0.4, -0.2) is 9.55 Å². The van der Waals surface area contributed by atoms with Gasteiger partial charge in [-0.15, -0.1) is 0 Å². The van der Waals surface area contributed by atoms with E-state index in [9.17, 15) is 0 Å². The van der Waals surface area contributed by atoms with E-state index in [2.05, 4.69) is 9.55 Å². The van der Waals surface area contributed by atoms with Gasteiger partial charge in [-0.2, -0.15) is 0 Å². The van der Waals surface area contributed by atoms with Crippen molar-refractivity contribution in [2.45, 2.75) is 6.92 Å². The van der Waals surface area contributed by atoms with Crippen molar-refractivity contribution in [3.8, 4) is 11.4 Å². The van der Waals surface area contributed by atoms with Gasteiger partial charge in [-0.3, -0.25) is 0 Å². The van der Waals surface area contributed by atoms with E-state index in [1.54, 1.807) is 0 Å². The van der Waals surface area contributed by atoms with Gasteiger partial charge in [0.1, 0.15) is 5.82 Å². The van der Waals surface area contributed by atoms with Crippen molar-refractivity contribution in [3.63, 3.8) is 0 Å². The molecule has 19 heavy (non-hydrogen) atoms. The standard InChI is InChI=1S/C15H14ClN3/c1-9-7-11(17)4-5-12(9)15-18-13-6-3-10(16)8-14(13)19(15)2/h3-8H,17H2,1-2H3. The van der Waals surface area contributed by atoms with E-state index in [0.29, 0.717) is 0 Å². The van der Waals surface area contributed by atoms with Gasteiger partial charge < -0.3 is 10.3 Å². The zero-order chi connectivity index (χ0) is 13.6. The van der Waals surface area contributed by atoms with Crippen LogP contribution in [-0.2, 0) is 7.05 Å². The van der Waals surface area contributed by atoms with E-state index in [1.807, 2.05) is 50.4 Å². The molecule has 1 aromatic heterocycles. The monoisotopic (exact) mass is 271 g/mol. The van der Waals surface area contributed by atoms with Gasteiger partial charge in [0.05, 0.1) is 11.0 Å². The summed E-state index contributed by atoms with van der Waals surface area (Å²) in [4.78, 5) is 4.68. The first-order chi connectivity index (χ1) is 9.06. The number of rotatable bonds is 1. The summed E-state index contributed by atoms with van der Waals surface area (Å²) >= 11 is 6.04. The number of nitrogens with zero attached hydrogens (tertiary/aromatic N) is 2. The number of aromatic nitrogens is 2. The summed E-state index contributed by atoms with van der Waals surface area (Å²) < 4.78 is 2.06. The Labute approximate surface area is 116 Å². The van der Waals surface area contributed by atoms with E-state index in [-0.39, 0.29) is 0 Å². The van der Waals surface area contributed by atoms with Crippen LogP contribution in [0.3, 0.4) is 0 Å². The van der Waals surface area contributed by atoms with Crippen LogP contribution in [0.2, 0.25) is 5.02 Å². The molecule has 1 heterocycles. The second kappa shape index (κ2) is 4.28. The Morgan fingerprint density at radius 2 is 1.95 bits per heavy atom. The molecule has 2 N–H and O–H groups in total.